The molecule has 4 aromatic rings. The Labute approximate surface area is 134 Å². The molecule has 4 rings (SSSR count). The quantitative estimate of drug-likeness (QED) is 0.535. The highest BCUT2D eigenvalue weighted by atomic mass is 32.2. The van der Waals surface area contributed by atoms with Crippen LogP contribution in [0.2, 0.25) is 0 Å². The van der Waals surface area contributed by atoms with Gasteiger partial charge >= 0.3 is 0 Å². The zero-order valence-corrected chi connectivity index (χ0v) is 12.9. The third kappa shape index (κ3) is 2.45. The summed E-state index contributed by atoms with van der Waals surface area (Å²) in [5.74, 6) is -1.20. The number of hydrogen-bond donors (Lipinski definition) is 1. The van der Waals surface area contributed by atoms with Crippen LogP contribution in [0.15, 0.2) is 52.6 Å². The van der Waals surface area contributed by atoms with Crippen LogP contribution in [0.5, 0.6) is 0 Å². The van der Waals surface area contributed by atoms with Crippen LogP contribution >= 0.6 is 11.8 Å². The summed E-state index contributed by atoms with van der Waals surface area (Å²) < 4.78 is 26.9. The van der Waals surface area contributed by atoms with Crippen molar-refractivity contribution in [1.82, 2.24) is 15.0 Å². The fraction of sp³-hybridized carbons (Fsp3) is 0.0588. The first-order chi connectivity index (χ1) is 11.1. The maximum absolute atomic E-state index is 13.9. The van der Waals surface area contributed by atoms with Gasteiger partial charge in [0, 0.05) is 21.9 Å². The molecule has 0 fully saturated rings. The van der Waals surface area contributed by atoms with Crippen molar-refractivity contribution in [2.75, 3.05) is 0 Å². The first-order valence-electron chi connectivity index (χ1n) is 6.98. The predicted octanol–water partition coefficient (Wildman–Crippen LogP) is 4.85. The SMILES string of the molecule is Cc1ccc2[nH]c3c(Sc4ccc(F)cc4F)ncnc3c2c1. The minimum absolute atomic E-state index is 0.321. The lowest BCUT2D eigenvalue weighted by atomic mass is 10.2. The summed E-state index contributed by atoms with van der Waals surface area (Å²) in [7, 11) is 0. The number of nitrogens with zero attached hydrogens (tertiary/aromatic N) is 2. The first-order valence-corrected chi connectivity index (χ1v) is 7.79. The second-order valence-electron chi connectivity index (χ2n) is 5.25. The molecule has 0 spiro atoms. The van der Waals surface area contributed by atoms with Crippen molar-refractivity contribution in [2.45, 2.75) is 16.8 Å². The maximum Gasteiger partial charge on any atom is 0.140 e. The van der Waals surface area contributed by atoms with E-state index in [1.54, 1.807) is 0 Å². The van der Waals surface area contributed by atoms with Gasteiger partial charge in [-0.3, -0.25) is 0 Å². The lowest BCUT2D eigenvalue weighted by Gasteiger charge is -2.03. The van der Waals surface area contributed by atoms with Gasteiger partial charge in [0.25, 0.3) is 0 Å². The van der Waals surface area contributed by atoms with Crippen molar-refractivity contribution in [3.05, 3.63) is 59.9 Å². The van der Waals surface area contributed by atoms with Crippen LogP contribution in [0.3, 0.4) is 0 Å². The highest BCUT2D eigenvalue weighted by Crippen LogP contribution is 2.35. The third-order valence-electron chi connectivity index (χ3n) is 3.60. The Hall–Kier alpha value is -2.47. The molecule has 0 saturated heterocycles. The van der Waals surface area contributed by atoms with Crippen LogP contribution in [0.1, 0.15) is 5.56 Å². The molecule has 2 heterocycles. The van der Waals surface area contributed by atoms with Crippen molar-refractivity contribution in [3.8, 4) is 0 Å². The Morgan fingerprint density at radius 2 is 1.91 bits per heavy atom. The molecule has 0 aliphatic rings. The van der Waals surface area contributed by atoms with E-state index in [9.17, 15) is 8.78 Å². The number of halogens is 2. The number of rotatable bonds is 2. The van der Waals surface area contributed by atoms with Gasteiger partial charge < -0.3 is 4.98 Å². The fourth-order valence-electron chi connectivity index (χ4n) is 2.52. The van der Waals surface area contributed by atoms with Crippen LogP contribution in [0.25, 0.3) is 21.9 Å². The molecule has 114 valence electrons. The van der Waals surface area contributed by atoms with E-state index >= 15 is 0 Å². The van der Waals surface area contributed by atoms with Crippen molar-refractivity contribution >= 4 is 33.7 Å². The summed E-state index contributed by atoms with van der Waals surface area (Å²) in [5.41, 5.74) is 3.63. The molecule has 6 heteroatoms. The normalized spacial score (nSPS) is 11.4. The van der Waals surface area contributed by atoms with E-state index in [-0.39, 0.29) is 0 Å². The van der Waals surface area contributed by atoms with E-state index in [0.29, 0.717) is 9.92 Å². The lowest BCUT2D eigenvalue weighted by molar-refractivity contribution is 0.565. The van der Waals surface area contributed by atoms with Crippen LogP contribution < -0.4 is 0 Å². The molecule has 3 nitrogen and oxygen atoms in total. The van der Waals surface area contributed by atoms with Gasteiger partial charge in [0.15, 0.2) is 0 Å². The summed E-state index contributed by atoms with van der Waals surface area (Å²) in [6, 6.07) is 9.56. The second-order valence-corrected chi connectivity index (χ2v) is 6.28. The molecule has 0 saturated carbocycles. The van der Waals surface area contributed by atoms with Crippen molar-refractivity contribution in [2.24, 2.45) is 0 Å². The van der Waals surface area contributed by atoms with E-state index in [0.717, 1.165) is 45.3 Å². The highest BCUT2D eigenvalue weighted by molar-refractivity contribution is 7.99. The standard InChI is InChI=1S/C17H11F2N3S/c1-9-2-4-13-11(6-9)15-16(22-13)17(21-8-20-15)23-14-5-3-10(18)7-12(14)19/h2-8,22H,1H3. The van der Waals surface area contributed by atoms with Gasteiger partial charge in [-0.05, 0) is 31.2 Å². The van der Waals surface area contributed by atoms with Crippen molar-refractivity contribution in [1.29, 1.82) is 0 Å². The molecule has 2 aromatic carbocycles. The lowest BCUT2D eigenvalue weighted by Crippen LogP contribution is -1.88. The molecule has 0 aliphatic heterocycles. The Kier molecular flexibility index (Phi) is 3.27. The van der Waals surface area contributed by atoms with E-state index < -0.39 is 11.6 Å². The van der Waals surface area contributed by atoms with Crippen LogP contribution in [-0.4, -0.2) is 15.0 Å². The van der Waals surface area contributed by atoms with Crippen LogP contribution in [-0.2, 0) is 0 Å². The number of aryl methyl sites for hydroxylation is 1. The van der Waals surface area contributed by atoms with Gasteiger partial charge in [0.1, 0.15) is 28.5 Å². The molecular weight excluding hydrogens is 316 g/mol. The number of nitrogens with one attached hydrogen (secondary N) is 1. The molecule has 0 aliphatic carbocycles. The fourth-order valence-corrected chi connectivity index (χ4v) is 3.37. The molecule has 2 aromatic heterocycles. The topological polar surface area (TPSA) is 41.6 Å². The van der Waals surface area contributed by atoms with Gasteiger partial charge in [0.05, 0.1) is 5.52 Å². The zero-order valence-electron chi connectivity index (χ0n) is 12.1. The van der Waals surface area contributed by atoms with E-state index in [1.165, 1.54) is 18.5 Å². The summed E-state index contributed by atoms with van der Waals surface area (Å²) in [6.45, 7) is 2.02. The van der Waals surface area contributed by atoms with Gasteiger partial charge in [0.2, 0.25) is 0 Å². The Morgan fingerprint density at radius 3 is 2.74 bits per heavy atom. The van der Waals surface area contributed by atoms with Gasteiger partial charge in [-0.25, -0.2) is 18.7 Å². The predicted molar refractivity (Wildman–Crippen MR) is 86.6 cm³/mol. The molecule has 0 unspecified atom stereocenters. The van der Waals surface area contributed by atoms with Crippen LogP contribution in [0.4, 0.5) is 8.78 Å². The summed E-state index contributed by atoms with van der Waals surface area (Å²) in [6.07, 6.45) is 1.46. The zero-order chi connectivity index (χ0) is 16.0. The number of aromatic amines is 1. The minimum atomic E-state index is -0.603. The van der Waals surface area contributed by atoms with Crippen molar-refractivity contribution in [3.63, 3.8) is 0 Å². The Balaban J connectivity index is 1.88. The van der Waals surface area contributed by atoms with Crippen molar-refractivity contribution < 1.29 is 8.78 Å². The van der Waals surface area contributed by atoms with E-state index in [1.807, 2.05) is 25.1 Å². The maximum atomic E-state index is 13.9. The number of fused-ring (bicyclic) bond motifs is 3. The number of benzene rings is 2. The Morgan fingerprint density at radius 1 is 1.04 bits per heavy atom. The molecule has 23 heavy (non-hydrogen) atoms. The summed E-state index contributed by atoms with van der Waals surface area (Å²) in [4.78, 5) is 12.2. The monoisotopic (exact) mass is 327 g/mol. The van der Waals surface area contributed by atoms with Crippen LogP contribution in [0, 0.1) is 18.6 Å². The number of hydrogen-bond acceptors (Lipinski definition) is 3. The van der Waals surface area contributed by atoms with Gasteiger partial charge in [-0.2, -0.15) is 0 Å². The molecule has 0 atom stereocenters. The average molecular weight is 327 g/mol. The molecule has 0 radical (unpaired) electrons. The van der Waals surface area contributed by atoms with Gasteiger partial charge in [-0.1, -0.05) is 23.4 Å². The van der Waals surface area contributed by atoms with Gasteiger partial charge in [-0.15, -0.1) is 0 Å². The summed E-state index contributed by atoms with van der Waals surface area (Å²) >= 11 is 1.15. The highest BCUT2D eigenvalue weighted by Gasteiger charge is 2.14. The average Bonchev–Trinajstić information content (AvgIpc) is 2.89. The number of H-pyrrole nitrogens is 1. The minimum Gasteiger partial charge on any atom is -0.351 e. The summed E-state index contributed by atoms with van der Waals surface area (Å²) in [5, 5.41) is 1.61. The van der Waals surface area contributed by atoms with E-state index in [4.69, 9.17) is 0 Å². The Bertz CT molecular complexity index is 1040. The number of aromatic nitrogens is 3. The largest absolute Gasteiger partial charge is 0.351 e. The first kappa shape index (κ1) is 14.1. The molecular formula is C17H11F2N3S. The third-order valence-corrected chi connectivity index (χ3v) is 4.66. The smallest absolute Gasteiger partial charge is 0.140 e. The molecule has 0 amide bonds. The van der Waals surface area contributed by atoms with E-state index in [2.05, 4.69) is 15.0 Å². The molecule has 1 N–H and O–H groups in total. The second kappa shape index (κ2) is 5.31. The molecule has 0 bridgehead atoms.